The predicted octanol–water partition coefficient (Wildman–Crippen LogP) is -1.19. The van der Waals surface area contributed by atoms with Crippen LogP contribution in [0.25, 0.3) is 10.9 Å². The number of benzene rings is 1. The molecule has 1 aromatic heterocycles. The highest BCUT2D eigenvalue weighted by Crippen LogP contribution is 2.25. The van der Waals surface area contributed by atoms with Gasteiger partial charge in [0.25, 0.3) is 0 Å². The van der Waals surface area contributed by atoms with Gasteiger partial charge in [-0.1, -0.05) is 0 Å². The summed E-state index contributed by atoms with van der Waals surface area (Å²) in [7, 11) is 0. The summed E-state index contributed by atoms with van der Waals surface area (Å²) in [6, 6.07) is 5.04. The van der Waals surface area contributed by atoms with Crippen LogP contribution in [0.1, 0.15) is 5.56 Å². The van der Waals surface area contributed by atoms with Crippen LogP contribution in [-0.4, -0.2) is 74.3 Å². The van der Waals surface area contributed by atoms with Gasteiger partial charge in [-0.05, 0) is 30.2 Å². The second-order valence-electron chi connectivity index (χ2n) is 6.08. The quantitative estimate of drug-likeness (QED) is 0.364. The number of hydrogen-bond acceptors (Lipinski definition) is 7. The van der Waals surface area contributed by atoms with Crippen LogP contribution < -0.4 is 5.32 Å². The van der Waals surface area contributed by atoms with Crippen LogP contribution in [0.15, 0.2) is 24.4 Å². The molecule has 0 amide bonds. The molecule has 1 aliphatic rings. The van der Waals surface area contributed by atoms with Crippen molar-refractivity contribution >= 4 is 10.9 Å². The van der Waals surface area contributed by atoms with Gasteiger partial charge in [0.05, 0.1) is 13.2 Å². The van der Waals surface area contributed by atoms with Crippen LogP contribution in [0.2, 0.25) is 0 Å². The van der Waals surface area contributed by atoms with E-state index >= 15 is 0 Å². The Kier molecular flexibility index (Phi) is 4.77. The third-order valence-corrected chi connectivity index (χ3v) is 4.51. The van der Waals surface area contributed by atoms with Gasteiger partial charge in [-0.3, -0.25) is 5.32 Å². The standard InChI is InChI=1S/C16H22N2O6/c19-8-16(15(23)14(22)13(21)7-24-16)18-4-3-9-6-17-12-2-1-10(20)5-11(9)12/h1-2,5-6,13-15,17-23H,3-4,7-8H2/t13-,14-,15+,16-/m1/s1. The fourth-order valence-electron chi connectivity index (χ4n) is 3.04. The molecule has 8 nitrogen and oxygen atoms in total. The Bertz CT molecular complexity index is 705. The number of phenolic OH excluding ortho intramolecular Hbond substituents is 1. The minimum atomic E-state index is -1.52. The smallest absolute Gasteiger partial charge is 0.171 e. The van der Waals surface area contributed by atoms with Crippen molar-refractivity contribution in [2.45, 2.75) is 30.5 Å². The van der Waals surface area contributed by atoms with Crippen molar-refractivity contribution in [3.63, 3.8) is 0 Å². The molecule has 0 bridgehead atoms. The number of phenols is 1. The van der Waals surface area contributed by atoms with Crippen molar-refractivity contribution in [3.8, 4) is 5.75 Å². The van der Waals surface area contributed by atoms with E-state index in [1.807, 2.05) is 6.20 Å². The first kappa shape index (κ1) is 17.2. The molecule has 4 atom stereocenters. The molecule has 24 heavy (non-hydrogen) atoms. The Morgan fingerprint density at radius 1 is 1.29 bits per heavy atom. The predicted molar refractivity (Wildman–Crippen MR) is 85.5 cm³/mol. The maximum absolute atomic E-state index is 10.1. The van der Waals surface area contributed by atoms with E-state index in [1.165, 1.54) is 0 Å². The molecule has 7 N–H and O–H groups in total. The second kappa shape index (κ2) is 6.67. The molecule has 0 spiro atoms. The summed E-state index contributed by atoms with van der Waals surface area (Å²) >= 11 is 0. The van der Waals surface area contributed by atoms with E-state index < -0.39 is 30.6 Å². The van der Waals surface area contributed by atoms with Crippen LogP contribution in [0, 0.1) is 0 Å². The largest absolute Gasteiger partial charge is 0.508 e. The molecule has 1 aromatic carbocycles. The third-order valence-electron chi connectivity index (χ3n) is 4.51. The summed E-state index contributed by atoms with van der Waals surface area (Å²) < 4.78 is 5.37. The maximum atomic E-state index is 10.1. The number of ether oxygens (including phenoxy) is 1. The summed E-state index contributed by atoms with van der Waals surface area (Å²) in [5.41, 5.74) is 0.326. The normalized spacial score (nSPS) is 30.8. The average molecular weight is 338 g/mol. The fourth-order valence-corrected chi connectivity index (χ4v) is 3.04. The molecule has 2 heterocycles. The van der Waals surface area contributed by atoms with Gasteiger partial charge in [0.2, 0.25) is 0 Å². The molecule has 2 aromatic rings. The average Bonchev–Trinajstić information content (AvgIpc) is 2.97. The molecule has 8 heteroatoms. The summed E-state index contributed by atoms with van der Waals surface area (Å²) in [5.74, 6) is 0.172. The number of fused-ring (bicyclic) bond motifs is 1. The van der Waals surface area contributed by atoms with Gasteiger partial charge in [-0.15, -0.1) is 0 Å². The third kappa shape index (κ3) is 3.00. The molecule has 0 aliphatic carbocycles. The fraction of sp³-hybridized carbons (Fsp3) is 0.500. The lowest BCUT2D eigenvalue weighted by Gasteiger charge is -2.44. The summed E-state index contributed by atoms with van der Waals surface area (Å²) in [5, 5.41) is 52.5. The van der Waals surface area contributed by atoms with E-state index in [0.29, 0.717) is 13.0 Å². The van der Waals surface area contributed by atoms with Crippen LogP contribution in [0.3, 0.4) is 0 Å². The lowest BCUT2D eigenvalue weighted by molar-refractivity contribution is -0.258. The van der Waals surface area contributed by atoms with Crippen LogP contribution in [0.4, 0.5) is 0 Å². The van der Waals surface area contributed by atoms with Gasteiger partial charge in [0.15, 0.2) is 5.72 Å². The lowest BCUT2D eigenvalue weighted by Crippen LogP contribution is -2.69. The number of aromatic amines is 1. The zero-order valence-corrected chi connectivity index (χ0v) is 13.0. The number of aliphatic hydroxyl groups is 4. The number of aromatic nitrogens is 1. The van der Waals surface area contributed by atoms with E-state index in [1.54, 1.807) is 18.2 Å². The van der Waals surface area contributed by atoms with E-state index in [0.717, 1.165) is 16.5 Å². The SMILES string of the molecule is OC[C@@]1(NCCc2c[nH]c3ccc(O)cc23)OC[C@@H](O)[C@@H](O)[C@@H]1O. The highest BCUT2D eigenvalue weighted by Gasteiger charge is 2.48. The molecule has 132 valence electrons. The van der Waals surface area contributed by atoms with Crippen molar-refractivity contribution in [2.75, 3.05) is 19.8 Å². The van der Waals surface area contributed by atoms with Crippen LogP contribution in [0.5, 0.6) is 5.75 Å². The molecule has 1 saturated heterocycles. The monoisotopic (exact) mass is 338 g/mol. The highest BCUT2D eigenvalue weighted by molar-refractivity contribution is 5.84. The van der Waals surface area contributed by atoms with E-state index in [9.17, 15) is 25.5 Å². The Balaban J connectivity index is 1.69. The molecular formula is C16H22N2O6. The van der Waals surface area contributed by atoms with Gasteiger partial charge in [-0.2, -0.15) is 0 Å². The van der Waals surface area contributed by atoms with Gasteiger partial charge >= 0.3 is 0 Å². The molecule has 1 fully saturated rings. The van der Waals surface area contributed by atoms with E-state index in [-0.39, 0.29) is 12.4 Å². The molecule has 0 saturated carbocycles. The first-order valence-corrected chi connectivity index (χ1v) is 7.80. The van der Waals surface area contributed by atoms with Gasteiger partial charge < -0.3 is 35.3 Å². The number of rotatable bonds is 5. The summed E-state index contributed by atoms with van der Waals surface area (Å²) in [6.07, 6.45) is -1.69. The van der Waals surface area contributed by atoms with Gasteiger partial charge in [0, 0.05) is 23.6 Å². The Hall–Kier alpha value is -1.68. The number of nitrogens with one attached hydrogen (secondary N) is 2. The second-order valence-corrected chi connectivity index (χ2v) is 6.08. The Labute approximate surface area is 138 Å². The van der Waals surface area contributed by atoms with Crippen LogP contribution >= 0.6 is 0 Å². The Morgan fingerprint density at radius 2 is 2.08 bits per heavy atom. The molecular weight excluding hydrogens is 316 g/mol. The van der Waals surface area contributed by atoms with Crippen molar-refractivity contribution in [2.24, 2.45) is 0 Å². The first-order chi connectivity index (χ1) is 11.5. The van der Waals surface area contributed by atoms with E-state index in [4.69, 9.17) is 4.74 Å². The lowest BCUT2D eigenvalue weighted by atomic mass is 9.94. The molecule has 0 radical (unpaired) electrons. The molecule has 3 rings (SSSR count). The number of aliphatic hydroxyl groups excluding tert-OH is 4. The van der Waals surface area contributed by atoms with E-state index in [2.05, 4.69) is 10.3 Å². The summed E-state index contributed by atoms with van der Waals surface area (Å²) in [4.78, 5) is 3.11. The number of aromatic hydroxyl groups is 1. The molecule has 1 aliphatic heterocycles. The van der Waals surface area contributed by atoms with Gasteiger partial charge in [-0.25, -0.2) is 0 Å². The zero-order chi connectivity index (χ0) is 17.3. The molecule has 0 unspecified atom stereocenters. The van der Waals surface area contributed by atoms with Crippen molar-refractivity contribution in [1.82, 2.24) is 10.3 Å². The number of hydrogen-bond donors (Lipinski definition) is 7. The Morgan fingerprint density at radius 3 is 2.83 bits per heavy atom. The van der Waals surface area contributed by atoms with Crippen molar-refractivity contribution < 1.29 is 30.3 Å². The first-order valence-electron chi connectivity index (χ1n) is 7.80. The highest BCUT2D eigenvalue weighted by atomic mass is 16.6. The number of H-pyrrole nitrogens is 1. The van der Waals surface area contributed by atoms with Crippen molar-refractivity contribution in [3.05, 3.63) is 30.0 Å². The zero-order valence-electron chi connectivity index (χ0n) is 13.0. The maximum Gasteiger partial charge on any atom is 0.171 e. The minimum Gasteiger partial charge on any atom is -0.508 e. The van der Waals surface area contributed by atoms with Crippen molar-refractivity contribution in [1.29, 1.82) is 0 Å². The van der Waals surface area contributed by atoms with Crippen LogP contribution in [-0.2, 0) is 11.2 Å². The van der Waals surface area contributed by atoms with Gasteiger partial charge in [0.1, 0.15) is 24.1 Å². The summed E-state index contributed by atoms with van der Waals surface area (Å²) in [6.45, 7) is -0.386. The topological polar surface area (TPSA) is 138 Å². The minimum absolute atomic E-state index is 0.172.